The number of urea groups is 1. The first-order chi connectivity index (χ1) is 14.5. The van der Waals surface area contributed by atoms with Crippen molar-refractivity contribution < 1.29 is 14.3 Å². The number of carbonyl (C=O) groups excluding carboxylic acids is 2. The highest BCUT2D eigenvalue weighted by molar-refractivity contribution is 6.13. The van der Waals surface area contributed by atoms with Crippen LogP contribution in [0.3, 0.4) is 0 Å². The van der Waals surface area contributed by atoms with Gasteiger partial charge in [-0.05, 0) is 35.7 Å². The first-order valence-electron chi connectivity index (χ1n) is 9.85. The smallest absolute Gasteiger partial charge is 0.317 e. The Kier molecular flexibility index (Phi) is 7.05. The Morgan fingerprint density at radius 3 is 2.67 bits per heavy atom. The maximum absolute atomic E-state index is 12.3. The third-order valence-corrected chi connectivity index (χ3v) is 4.72. The Morgan fingerprint density at radius 2 is 1.93 bits per heavy atom. The van der Waals surface area contributed by atoms with Gasteiger partial charge in [-0.25, -0.2) is 4.79 Å². The summed E-state index contributed by atoms with van der Waals surface area (Å²) in [5.41, 5.74) is 9.55. The minimum absolute atomic E-state index is 0.279. The number of anilines is 1. The number of fused-ring (bicyclic) bond motifs is 1. The van der Waals surface area contributed by atoms with Gasteiger partial charge < -0.3 is 26.1 Å². The van der Waals surface area contributed by atoms with Crippen LogP contribution >= 0.6 is 0 Å². The number of rotatable bonds is 9. The molecule has 8 heteroatoms. The Morgan fingerprint density at radius 1 is 1.13 bits per heavy atom. The molecule has 3 rings (SSSR count). The maximum Gasteiger partial charge on any atom is 0.317 e. The second kappa shape index (κ2) is 9.91. The zero-order chi connectivity index (χ0) is 21.5. The molecule has 0 aliphatic rings. The zero-order valence-electron chi connectivity index (χ0n) is 17.2. The van der Waals surface area contributed by atoms with Crippen LogP contribution < -0.4 is 21.7 Å². The molecular weight excluding hydrogens is 382 g/mol. The second-order valence-electron chi connectivity index (χ2n) is 6.78. The molecule has 1 aromatic heterocycles. The number of hydrogen-bond donors (Lipinski definition) is 5. The Hall–Kier alpha value is -3.36. The molecule has 3 aromatic rings. The lowest BCUT2D eigenvalue weighted by Crippen LogP contribution is -2.23. The van der Waals surface area contributed by atoms with Crippen LogP contribution in [0.25, 0.3) is 22.0 Å². The predicted octanol–water partition coefficient (Wildman–Crippen LogP) is 2.81. The van der Waals surface area contributed by atoms with E-state index in [9.17, 15) is 9.59 Å². The third kappa shape index (κ3) is 4.97. The number of hydrogen-bond acceptors (Lipinski definition) is 4. The largest absolute Gasteiger partial charge is 0.380 e. The van der Waals surface area contributed by atoms with Gasteiger partial charge in [0.2, 0.25) is 0 Å². The van der Waals surface area contributed by atoms with Crippen LogP contribution in [0, 0.1) is 0 Å². The van der Waals surface area contributed by atoms with Crippen LogP contribution in [-0.4, -0.2) is 43.7 Å². The summed E-state index contributed by atoms with van der Waals surface area (Å²) in [6, 6.07) is 13.3. The average molecular weight is 409 g/mol. The van der Waals surface area contributed by atoms with Gasteiger partial charge in [-0.1, -0.05) is 30.3 Å². The summed E-state index contributed by atoms with van der Waals surface area (Å²) in [5.74, 6) is -0.0286. The molecule has 0 aliphatic carbocycles. The van der Waals surface area contributed by atoms with E-state index < -0.39 is 6.03 Å². The summed E-state index contributed by atoms with van der Waals surface area (Å²) in [6.45, 7) is 4.93. The molecule has 6 N–H and O–H groups in total. The van der Waals surface area contributed by atoms with E-state index in [2.05, 4.69) is 33.1 Å². The number of nitrogens with one attached hydrogen (secondary N) is 4. The number of benzene rings is 2. The summed E-state index contributed by atoms with van der Waals surface area (Å²) in [5, 5.41) is 9.15. The van der Waals surface area contributed by atoms with Crippen molar-refractivity contribution >= 4 is 28.7 Å². The number of nitrogens with two attached hydrogens (primary N) is 1. The van der Waals surface area contributed by atoms with Crippen molar-refractivity contribution in [1.29, 1.82) is 0 Å². The van der Waals surface area contributed by atoms with E-state index >= 15 is 0 Å². The number of carbonyl (C=O) groups is 2. The van der Waals surface area contributed by atoms with Crippen molar-refractivity contribution in [3.8, 4) is 11.1 Å². The second-order valence-corrected chi connectivity index (χ2v) is 6.78. The molecule has 0 spiro atoms. The molecule has 0 bridgehead atoms. The molecule has 3 amide bonds. The first-order valence-corrected chi connectivity index (χ1v) is 9.85. The summed E-state index contributed by atoms with van der Waals surface area (Å²) >= 11 is 0. The number of H-pyrrole nitrogens is 1. The van der Waals surface area contributed by atoms with Gasteiger partial charge >= 0.3 is 6.03 Å². The fourth-order valence-corrected chi connectivity index (χ4v) is 3.34. The quantitative estimate of drug-likeness (QED) is 0.349. The fraction of sp³-hybridized carbons (Fsp3) is 0.273. The Labute approximate surface area is 175 Å². The molecule has 0 saturated carbocycles. The third-order valence-electron chi connectivity index (χ3n) is 4.72. The molecule has 0 fully saturated rings. The van der Waals surface area contributed by atoms with E-state index in [0.29, 0.717) is 17.6 Å². The molecule has 0 unspecified atom stereocenters. The minimum atomic E-state index is -0.739. The van der Waals surface area contributed by atoms with Gasteiger partial charge in [0.15, 0.2) is 0 Å². The Balaban J connectivity index is 1.87. The van der Waals surface area contributed by atoms with Gasteiger partial charge in [0.05, 0.1) is 12.2 Å². The highest BCUT2D eigenvalue weighted by atomic mass is 16.5. The van der Waals surface area contributed by atoms with Gasteiger partial charge in [-0.15, -0.1) is 0 Å². The number of aromatic nitrogens is 1. The average Bonchev–Trinajstić information content (AvgIpc) is 3.09. The topological polar surface area (TPSA) is 121 Å². The van der Waals surface area contributed by atoms with Crippen LogP contribution in [0.1, 0.15) is 22.8 Å². The molecule has 0 radical (unpaired) electrons. The lowest BCUT2D eigenvalue weighted by molar-refractivity contribution is 0.0965. The molecule has 0 saturated heterocycles. The van der Waals surface area contributed by atoms with Crippen molar-refractivity contribution in [1.82, 2.24) is 15.6 Å². The van der Waals surface area contributed by atoms with Crippen molar-refractivity contribution in [2.24, 2.45) is 5.73 Å². The zero-order valence-corrected chi connectivity index (χ0v) is 17.2. The summed E-state index contributed by atoms with van der Waals surface area (Å²) in [7, 11) is 1.54. The van der Waals surface area contributed by atoms with E-state index in [-0.39, 0.29) is 11.7 Å². The highest BCUT2D eigenvalue weighted by Crippen LogP contribution is 2.30. The van der Waals surface area contributed by atoms with E-state index in [4.69, 9.17) is 10.5 Å². The van der Waals surface area contributed by atoms with Crippen LogP contribution in [0.4, 0.5) is 10.6 Å². The molecule has 30 heavy (non-hydrogen) atoms. The van der Waals surface area contributed by atoms with Gasteiger partial charge in [0, 0.05) is 37.6 Å². The lowest BCUT2D eigenvalue weighted by Gasteiger charge is -2.08. The SMILES string of the molecule is CCOCCNCc1cccc(-c2ccc3c(C(=O)NC)c(NC(N)=O)[nH]c3c2)c1. The Bertz CT molecular complexity index is 1040. The highest BCUT2D eigenvalue weighted by Gasteiger charge is 2.19. The summed E-state index contributed by atoms with van der Waals surface area (Å²) in [4.78, 5) is 26.7. The molecule has 2 aromatic carbocycles. The van der Waals surface area contributed by atoms with Gasteiger partial charge in [0.1, 0.15) is 5.82 Å². The van der Waals surface area contributed by atoms with Gasteiger partial charge in [-0.2, -0.15) is 0 Å². The summed E-state index contributed by atoms with van der Waals surface area (Å²) < 4.78 is 5.34. The standard InChI is InChI=1S/C22H27N5O3/c1-3-30-10-9-25-13-14-5-4-6-15(11-14)16-7-8-17-18(12-16)26-20(27-22(23)29)19(17)21(28)24-2/h4-8,11-12,25-26H,3,9-10,13H2,1-2H3,(H,24,28)(H3,23,27,29). The van der Waals surface area contributed by atoms with Crippen molar-refractivity contribution in [2.75, 3.05) is 32.1 Å². The van der Waals surface area contributed by atoms with Crippen LogP contribution in [0.5, 0.6) is 0 Å². The lowest BCUT2D eigenvalue weighted by atomic mass is 10.0. The van der Waals surface area contributed by atoms with E-state index in [0.717, 1.165) is 41.9 Å². The van der Waals surface area contributed by atoms with Crippen molar-refractivity contribution in [3.05, 3.63) is 53.6 Å². The molecule has 1 heterocycles. The molecule has 0 atom stereocenters. The number of ether oxygens (including phenoxy) is 1. The maximum atomic E-state index is 12.3. The number of amides is 3. The van der Waals surface area contributed by atoms with Crippen LogP contribution in [0.15, 0.2) is 42.5 Å². The monoisotopic (exact) mass is 409 g/mol. The van der Waals surface area contributed by atoms with E-state index in [1.165, 1.54) is 7.05 Å². The normalized spacial score (nSPS) is 10.9. The number of primary amides is 1. The molecular formula is C22H27N5O3. The minimum Gasteiger partial charge on any atom is -0.380 e. The molecule has 8 nitrogen and oxygen atoms in total. The van der Waals surface area contributed by atoms with Crippen LogP contribution in [0.2, 0.25) is 0 Å². The molecule has 0 aliphatic heterocycles. The predicted molar refractivity (Wildman–Crippen MR) is 119 cm³/mol. The number of aromatic amines is 1. The summed E-state index contributed by atoms with van der Waals surface area (Å²) in [6.07, 6.45) is 0. The van der Waals surface area contributed by atoms with Crippen molar-refractivity contribution in [3.63, 3.8) is 0 Å². The van der Waals surface area contributed by atoms with Gasteiger partial charge in [0.25, 0.3) is 5.91 Å². The van der Waals surface area contributed by atoms with Crippen molar-refractivity contribution in [2.45, 2.75) is 13.5 Å². The van der Waals surface area contributed by atoms with Gasteiger partial charge in [-0.3, -0.25) is 10.1 Å². The van der Waals surface area contributed by atoms with E-state index in [1.54, 1.807) is 0 Å². The first kappa shape index (κ1) is 21.4. The van der Waals surface area contributed by atoms with Crippen LogP contribution in [-0.2, 0) is 11.3 Å². The van der Waals surface area contributed by atoms with E-state index in [1.807, 2.05) is 37.3 Å². The molecule has 158 valence electrons. The fourth-order valence-electron chi connectivity index (χ4n) is 3.34.